The summed E-state index contributed by atoms with van der Waals surface area (Å²) < 4.78 is 0. The van der Waals surface area contributed by atoms with Crippen LogP contribution in [0.2, 0.25) is 0 Å². The number of aliphatic imine (C=N–C) groups is 2. The van der Waals surface area contributed by atoms with Crippen LogP contribution in [0.25, 0.3) is 0 Å². The van der Waals surface area contributed by atoms with Gasteiger partial charge in [0.1, 0.15) is 11.9 Å². The maximum Gasteiger partial charge on any atom is 0.259 e. The number of amidine groups is 2. The van der Waals surface area contributed by atoms with Gasteiger partial charge in [-0.15, -0.1) is 0 Å². The predicted octanol–water partition coefficient (Wildman–Crippen LogP) is 5.21. The van der Waals surface area contributed by atoms with Crippen LogP contribution in [-0.2, 0) is 9.59 Å². The van der Waals surface area contributed by atoms with Gasteiger partial charge in [0.15, 0.2) is 5.17 Å². The van der Waals surface area contributed by atoms with Crippen molar-refractivity contribution in [3.8, 4) is 0 Å². The molecular formula is C25H28N4O2S. The molecule has 2 aromatic carbocycles. The van der Waals surface area contributed by atoms with Crippen molar-refractivity contribution in [1.29, 1.82) is 0 Å². The van der Waals surface area contributed by atoms with E-state index in [1.165, 1.54) is 11.8 Å². The van der Waals surface area contributed by atoms with Gasteiger partial charge in [0.05, 0.1) is 10.9 Å². The Morgan fingerprint density at radius 3 is 2.53 bits per heavy atom. The van der Waals surface area contributed by atoms with Crippen molar-refractivity contribution in [2.45, 2.75) is 58.2 Å². The van der Waals surface area contributed by atoms with E-state index in [2.05, 4.69) is 5.32 Å². The van der Waals surface area contributed by atoms with E-state index >= 15 is 0 Å². The van der Waals surface area contributed by atoms with Crippen molar-refractivity contribution in [1.82, 2.24) is 4.90 Å². The maximum atomic E-state index is 13.2. The first-order valence-electron chi connectivity index (χ1n) is 11.1. The van der Waals surface area contributed by atoms with E-state index in [-0.39, 0.29) is 11.8 Å². The van der Waals surface area contributed by atoms with Gasteiger partial charge in [-0.1, -0.05) is 62.4 Å². The summed E-state index contributed by atoms with van der Waals surface area (Å²) in [6.07, 6.45) is 2.18. The molecule has 0 radical (unpaired) electrons. The molecule has 7 heteroatoms. The zero-order valence-electron chi connectivity index (χ0n) is 18.9. The lowest BCUT2D eigenvalue weighted by atomic mass is 10.1. The van der Waals surface area contributed by atoms with Gasteiger partial charge in [0, 0.05) is 11.3 Å². The second kappa shape index (κ2) is 9.28. The van der Waals surface area contributed by atoms with Crippen LogP contribution < -0.4 is 5.32 Å². The van der Waals surface area contributed by atoms with Crippen molar-refractivity contribution in [3.63, 3.8) is 0 Å². The fraction of sp³-hybridized carbons (Fsp3) is 0.360. The molecule has 2 aliphatic rings. The number of aryl methyl sites for hydroxylation is 2. The summed E-state index contributed by atoms with van der Waals surface area (Å²) in [5.74, 6) is 0.492. The number of para-hydroxylation sites is 2. The average molecular weight is 449 g/mol. The van der Waals surface area contributed by atoms with Crippen molar-refractivity contribution < 1.29 is 9.59 Å². The van der Waals surface area contributed by atoms with Gasteiger partial charge in [0.2, 0.25) is 5.91 Å². The highest BCUT2D eigenvalue weighted by Crippen LogP contribution is 2.36. The monoisotopic (exact) mass is 448 g/mol. The Balaban J connectivity index is 1.63. The first kappa shape index (κ1) is 22.3. The summed E-state index contributed by atoms with van der Waals surface area (Å²) in [6.45, 7) is 7.99. The molecule has 0 saturated carbocycles. The van der Waals surface area contributed by atoms with Crippen LogP contribution in [0.4, 0.5) is 11.4 Å². The quantitative estimate of drug-likeness (QED) is 0.659. The third-order valence-electron chi connectivity index (χ3n) is 5.75. The minimum absolute atomic E-state index is 0.0624. The Hall–Kier alpha value is -2.93. The minimum atomic E-state index is -0.393. The van der Waals surface area contributed by atoms with Crippen LogP contribution in [0.3, 0.4) is 0 Å². The molecule has 2 unspecified atom stereocenters. The number of hydrogen-bond donors (Lipinski definition) is 1. The molecule has 1 N–H and O–H groups in total. The Bertz CT molecular complexity index is 1100. The molecule has 2 amide bonds. The zero-order valence-corrected chi connectivity index (χ0v) is 19.7. The third-order valence-corrected chi connectivity index (χ3v) is 7.07. The maximum absolute atomic E-state index is 13.2. The van der Waals surface area contributed by atoms with Crippen LogP contribution >= 0.6 is 11.8 Å². The predicted molar refractivity (Wildman–Crippen MR) is 132 cm³/mol. The fourth-order valence-corrected chi connectivity index (χ4v) is 5.03. The molecule has 4 rings (SSSR count). The Labute approximate surface area is 193 Å². The first-order valence-corrected chi connectivity index (χ1v) is 12.0. The van der Waals surface area contributed by atoms with Crippen LogP contribution in [-0.4, -0.2) is 39.0 Å². The number of amides is 2. The lowest BCUT2D eigenvalue weighted by Gasteiger charge is -2.27. The standard InChI is InChI=1S/C25H28N4O2S/c1-5-10-19-24(31)29-22(26-19)17-13-7-8-14-18(17)27-25(29)32-20(6-2)23(30)28-21-15(3)11-9-12-16(21)4/h7-9,11-14,19-20H,5-6,10H2,1-4H3,(H,28,30). The highest BCUT2D eigenvalue weighted by molar-refractivity contribution is 8.15. The number of nitrogens with zero attached hydrogens (tertiary/aromatic N) is 3. The third kappa shape index (κ3) is 4.09. The van der Waals surface area contributed by atoms with Gasteiger partial charge in [-0.2, -0.15) is 0 Å². The summed E-state index contributed by atoms with van der Waals surface area (Å²) in [7, 11) is 0. The summed E-state index contributed by atoms with van der Waals surface area (Å²) in [4.78, 5) is 37.5. The molecule has 0 spiro atoms. The number of carbonyl (C=O) groups excluding carboxylic acids is 2. The number of carbonyl (C=O) groups is 2. The normalized spacial score (nSPS) is 17.9. The molecule has 6 nitrogen and oxygen atoms in total. The van der Waals surface area contributed by atoms with Crippen LogP contribution in [0.15, 0.2) is 52.4 Å². The van der Waals surface area contributed by atoms with E-state index in [4.69, 9.17) is 9.98 Å². The Kier molecular flexibility index (Phi) is 6.46. The SMILES string of the molecule is CCCC1N=C2c3ccccc3N=C(SC(CC)C(=O)Nc3c(C)cccc3C)N2C1=O. The minimum Gasteiger partial charge on any atom is -0.325 e. The van der Waals surface area contributed by atoms with E-state index < -0.39 is 11.3 Å². The number of benzene rings is 2. The number of rotatable bonds is 6. The van der Waals surface area contributed by atoms with Crippen LogP contribution in [0.5, 0.6) is 0 Å². The zero-order chi connectivity index (χ0) is 22.8. The lowest BCUT2D eigenvalue weighted by Crippen LogP contribution is -2.42. The molecule has 2 atom stereocenters. The van der Waals surface area contributed by atoms with Crippen molar-refractivity contribution >= 4 is 46.0 Å². The summed E-state index contributed by atoms with van der Waals surface area (Å²) in [6, 6.07) is 13.3. The highest BCUT2D eigenvalue weighted by Gasteiger charge is 2.42. The summed E-state index contributed by atoms with van der Waals surface area (Å²) in [5, 5.41) is 3.22. The molecule has 0 fully saturated rings. The molecular weight excluding hydrogens is 420 g/mol. The van der Waals surface area contributed by atoms with Gasteiger partial charge < -0.3 is 5.32 Å². The van der Waals surface area contributed by atoms with E-state index in [0.717, 1.165) is 34.5 Å². The molecule has 0 aliphatic carbocycles. The van der Waals surface area contributed by atoms with Gasteiger partial charge in [-0.05, 0) is 49.9 Å². The largest absolute Gasteiger partial charge is 0.325 e. The molecule has 2 heterocycles. The number of nitrogens with one attached hydrogen (secondary N) is 1. The number of thioether (sulfide) groups is 1. The Morgan fingerprint density at radius 2 is 1.84 bits per heavy atom. The topological polar surface area (TPSA) is 74.1 Å². The smallest absolute Gasteiger partial charge is 0.259 e. The van der Waals surface area contributed by atoms with E-state index in [1.807, 2.05) is 70.2 Å². The summed E-state index contributed by atoms with van der Waals surface area (Å²) in [5.41, 5.74) is 4.52. The second-order valence-electron chi connectivity index (χ2n) is 8.11. The molecule has 0 aromatic heterocycles. The van der Waals surface area contributed by atoms with Gasteiger partial charge >= 0.3 is 0 Å². The van der Waals surface area contributed by atoms with Crippen molar-refractivity contribution in [2.75, 3.05) is 5.32 Å². The molecule has 2 aromatic rings. The van der Waals surface area contributed by atoms with Crippen molar-refractivity contribution in [2.24, 2.45) is 9.98 Å². The van der Waals surface area contributed by atoms with E-state index in [0.29, 0.717) is 23.8 Å². The van der Waals surface area contributed by atoms with E-state index in [1.54, 1.807) is 4.90 Å². The molecule has 166 valence electrons. The fourth-order valence-electron chi connectivity index (χ4n) is 4.01. The molecule has 32 heavy (non-hydrogen) atoms. The molecule has 0 bridgehead atoms. The second-order valence-corrected chi connectivity index (χ2v) is 9.28. The van der Waals surface area contributed by atoms with Crippen LogP contribution in [0.1, 0.15) is 49.8 Å². The van der Waals surface area contributed by atoms with Crippen LogP contribution in [0, 0.1) is 13.8 Å². The van der Waals surface area contributed by atoms with Crippen molar-refractivity contribution in [3.05, 3.63) is 59.2 Å². The lowest BCUT2D eigenvalue weighted by molar-refractivity contribution is -0.124. The average Bonchev–Trinajstić information content (AvgIpc) is 3.11. The van der Waals surface area contributed by atoms with Gasteiger partial charge in [0.25, 0.3) is 5.91 Å². The van der Waals surface area contributed by atoms with Gasteiger partial charge in [-0.25, -0.2) is 9.89 Å². The summed E-state index contributed by atoms with van der Waals surface area (Å²) >= 11 is 1.33. The number of hydrogen-bond acceptors (Lipinski definition) is 5. The number of anilines is 1. The molecule has 0 saturated heterocycles. The highest BCUT2D eigenvalue weighted by atomic mass is 32.2. The Morgan fingerprint density at radius 1 is 1.12 bits per heavy atom. The number of fused-ring (bicyclic) bond motifs is 3. The molecule has 2 aliphatic heterocycles. The first-order chi connectivity index (χ1) is 15.4. The van der Waals surface area contributed by atoms with Gasteiger partial charge in [-0.3, -0.25) is 14.6 Å². The van der Waals surface area contributed by atoms with E-state index in [9.17, 15) is 9.59 Å².